The summed E-state index contributed by atoms with van der Waals surface area (Å²) in [5.41, 5.74) is 2.93. The Labute approximate surface area is 108 Å². The zero-order valence-electron chi connectivity index (χ0n) is 9.16. The average molecular weight is 276 g/mol. The van der Waals surface area contributed by atoms with Crippen molar-refractivity contribution >= 4 is 23.5 Å². The Balaban J connectivity index is 2.24. The van der Waals surface area contributed by atoms with E-state index >= 15 is 0 Å². The summed E-state index contributed by atoms with van der Waals surface area (Å²) in [6, 6.07) is 3.87. The first-order chi connectivity index (χ1) is 8.24. The third-order valence-electron chi connectivity index (χ3n) is 2.71. The van der Waals surface area contributed by atoms with E-state index in [1.165, 1.54) is 6.07 Å². The average Bonchev–Trinajstić information content (AvgIpc) is 2.37. The van der Waals surface area contributed by atoms with Crippen LogP contribution in [0, 0.1) is 11.6 Å². The smallest absolute Gasteiger partial charge is 0.163 e. The molecule has 1 fully saturated rings. The highest BCUT2D eigenvalue weighted by Crippen LogP contribution is 2.34. The summed E-state index contributed by atoms with van der Waals surface area (Å²) in [5.74, 6) is 6.89. The molecule has 1 heterocycles. The van der Waals surface area contributed by atoms with Gasteiger partial charge >= 0.3 is 0 Å². The van der Waals surface area contributed by atoms with Crippen molar-refractivity contribution in [3.05, 3.63) is 35.4 Å². The third kappa shape index (κ3) is 2.93. The number of halogens is 2. The molecule has 2 unspecified atom stereocenters. The molecule has 1 aliphatic rings. The lowest BCUT2D eigenvalue weighted by atomic mass is 10.0. The van der Waals surface area contributed by atoms with Crippen LogP contribution in [0.4, 0.5) is 8.78 Å². The number of thioether (sulfide) groups is 2. The lowest BCUT2D eigenvalue weighted by molar-refractivity contribution is 0.465. The largest absolute Gasteiger partial charge is 0.271 e. The summed E-state index contributed by atoms with van der Waals surface area (Å²) in [6.45, 7) is 0. The van der Waals surface area contributed by atoms with Crippen LogP contribution in [0.3, 0.4) is 0 Å². The molecule has 1 aliphatic heterocycles. The maximum Gasteiger partial charge on any atom is 0.163 e. The van der Waals surface area contributed by atoms with Gasteiger partial charge in [0.05, 0.1) is 6.04 Å². The van der Waals surface area contributed by atoms with Gasteiger partial charge < -0.3 is 0 Å². The van der Waals surface area contributed by atoms with Crippen LogP contribution in [0.5, 0.6) is 0 Å². The Morgan fingerprint density at radius 2 is 2.18 bits per heavy atom. The molecule has 0 spiro atoms. The molecule has 2 nitrogen and oxygen atoms in total. The molecular formula is C11H14F2N2S2. The molecule has 0 radical (unpaired) electrons. The second-order valence-corrected chi connectivity index (χ2v) is 6.27. The maximum atomic E-state index is 13.7. The van der Waals surface area contributed by atoms with E-state index in [1.807, 2.05) is 11.8 Å². The third-order valence-corrected chi connectivity index (χ3v) is 5.57. The van der Waals surface area contributed by atoms with E-state index in [4.69, 9.17) is 5.84 Å². The summed E-state index contributed by atoms with van der Waals surface area (Å²) >= 11 is 3.57. The van der Waals surface area contributed by atoms with E-state index in [0.717, 1.165) is 23.3 Å². The van der Waals surface area contributed by atoms with Crippen LogP contribution in [-0.2, 0) is 0 Å². The minimum absolute atomic E-state index is 0.176. The highest BCUT2D eigenvalue weighted by molar-refractivity contribution is 8.06. The molecule has 1 saturated heterocycles. The first-order valence-corrected chi connectivity index (χ1v) is 7.53. The van der Waals surface area contributed by atoms with Gasteiger partial charge in [-0.1, -0.05) is 12.1 Å². The fourth-order valence-electron chi connectivity index (χ4n) is 1.86. The monoisotopic (exact) mass is 276 g/mol. The van der Waals surface area contributed by atoms with E-state index in [2.05, 4.69) is 5.43 Å². The van der Waals surface area contributed by atoms with Crippen LogP contribution in [0.2, 0.25) is 0 Å². The van der Waals surface area contributed by atoms with Gasteiger partial charge in [-0.15, -0.1) is 0 Å². The van der Waals surface area contributed by atoms with Crippen molar-refractivity contribution in [3.8, 4) is 0 Å². The van der Waals surface area contributed by atoms with E-state index in [0.29, 0.717) is 5.56 Å². The Bertz CT molecular complexity index is 384. The van der Waals surface area contributed by atoms with Gasteiger partial charge in [0.15, 0.2) is 11.6 Å². The highest BCUT2D eigenvalue weighted by Gasteiger charge is 2.28. The van der Waals surface area contributed by atoms with Gasteiger partial charge in [-0.2, -0.15) is 23.5 Å². The minimum atomic E-state index is -0.823. The molecule has 0 aromatic heterocycles. The van der Waals surface area contributed by atoms with Crippen LogP contribution in [0.15, 0.2) is 18.2 Å². The minimum Gasteiger partial charge on any atom is -0.271 e. The number of hydrogen-bond donors (Lipinski definition) is 2. The van der Waals surface area contributed by atoms with E-state index in [-0.39, 0.29) is 11.3 Å². The van der Waals surface area contributed by atoms with Gasteiger partial charge in [-0.3, -0.25) is 11.3 Å². The molecule has 1 aromatic carbocycles. The van der Waals surface area contributed by atoms with E-state index in [9.17, 15) is 8.78 Å². The fraction of sp³-hybridized carbons (Fsp3) is 0.455. The predicted molar refractivity (Wildman–Crippen MR) is 70.0 cm³/mol. The van der Waals surface area contributed by atoms with Crippen LogP contribution >= 0.6 is 23.5 Å². The Hall–Kier alpha value is -0.300. The molecule has 1 aromatic rings. The van der Waals surface area contributed by atoms with Crippen molar-refractivity contribution < 1.29 is 8.78 Å². The van der Waals surface area contributed by atoms with Crippen molar-refractivity contribution in [2.45, 2.75) is 11.3 Å². The fourth-order valence-corrected chi connectivity index (χ4v) is 4.70. The first-order valence-electron chi connectivity index (χ1n) is 5.33. The first kappa shape index (κ1) is 13.1. The SMILES string of the molecule is NNC(c1cccc(F)c1F)C1CSCCS1. The molecule has 17 heavy (non-hydrogen) atoms. The van der Waals surface area contributed by atoms with Gasteiger partial charge in [-0.05, 0) is 6.07 Å². The van der Waals surface area contributed by atoms with Gasteiger partial charge in [-0.25, -0.2) is 8.78 Å². The maximum absolute atomic E-state index is 13.7. The topological polar surface area (TPSA) is 38.0 Å². The number of rotatable bonds is 3. The van der Waals surface area contributed by atoms with Crippen molar-refractivity contribution in [2.24, 2.45) is 5.84 Å². The lowest BCUT2D eigenvalue weighted by Gasteiger charge is -2.29. The molecule has 3 N–H and O–H groups in total. The predicted octanol–water partition coefficient (Wildman–Crippen LogP) is 2.32. The van der Waals surface area contributed by atoms with Crippen LogP contribution in [0.1, 0.15) is 11.6 Å². The summed E-state index contributed by atoms with van der Waals surface area (Å²) in [7, 11) is 0. The summed E-state index contributed by atoms with van der Waals surface area (Å²) in [5, 5.41) is 0.176. The molecule has 0 aliphatic carbocycles. The summed E-state index contributed by atoms with van der Waals surface area (Å²) in [6.07, 6.45) is 0. The quantitative estimate of drug-likeness (QED) is 0.656. The summed E-state index contributed by atoms with van der Waals surface area (Å²) < 4.78 is 26.9. The Kier molecular flexibility index (Phi) is 4.67. The zero-order chi connectivity index (χ0) is 12.3. The number of hydrazine groups is 1. The Morgan fingerprint density at radius 1 is 1.35 bits per heavy atom. The van der Waals surface area contributed by atoms with Gasteiger partial charge in [0.2, 0.25) is 0 Å². The molecule has 2 rings (SSSR count). The normalized spacial score (nSPS) is 22.4. The molecule has 0 saturated carbocycles. The van der Waals surface area contributed by atoms with E-state index < -0.39 is 11.6 Å². The summed E-state index contributed by atoms with van der Waals surface area (Å²) in [4.78, 5) is 0. The van der Waals surface area contributed by atoms with Crippen LogP contribution in [0.25, 0.3) is 0 Å². The Morgan fingerprint density at radius 3 is 2.82 bits per heavy atom. The van der Waals surface area contributed by atoms with Gasteiger partial charge in [0.25, 0.3) is 0 Å². The molecule has 0 amide bonds. The molecule has 2 atom stereocenters. The standard InChI is InChI=1S/C11H14F2N2S2/c12-8-3-1-2-7(10(8)13)11(15-14)9-6-16-4-5-17-9/h1-3,9,11,15H,4-6,14H2. The van der Waals surface area contributed by atoms with Crippen LogP contribution in [-0.4, -0.2) is 22.5 Å². The number of hydrogen-bond acceptors (Lipinski definition) is 4. The van der Waals surface area contributed by atoms with Crippen molar-refractivity contribution in [1.29, 1.82) is 0 Å². The van der Waals surface area contributed by atoms with Crippen molar-refractivity contribution in [2.75, 3.05) is 17.3 Å². The molecule has 94 valence electrons. The van der Waals surface area contributed by atoms with E-state index in [1.54, 1.807) is 17.8 Å². The number of nitrogens with two attached hydrogens (primary N) is 1. The number of benzene rings is 1. The molecule has 0 bridgehead atoms. The second-order valence-electron chi connectivity index (χ2n) is 3.77. The lowest BCUT2D eigenvalue weighted by Crippen LogP contribution is -2.38. The van der Waals surface area contributed by atoms with Crippen LogP contribution < -0.4 is 11.3 Å². The van der Waals surface area contributed by atoms with Crippen molar-refractivity contribution in [3.63, 3.8) is 0 Å². The van der Waals surface area contributed by atoms with Gasteiger partial charge in [0, 0.05) is 28.1 Å². The highest BCUT2D eigenvalue weighted by atomic mass is 32.2. The second kappa shape index (κ2) is 6.04. The number of nitrogens with one attached hydrogen (secondary N) is 1. The van der Waals surface area contributed by atoms with Gasteiger partial charge in [0.1, 0.15) is 0 Å². The molecular weight excluding hydrogens is 262 g/mol. The van der Waals surface area contributed by atoms with Crippen molar-refractivity contribution in [1.82, 2.24) is 5.43 Å². The molecule has 6 heteroatoms. The zero-order valence-corrected chi connectivity index (χ0v) is 10.8.